The number of halogens is 1. The number of benzene rings is 1. The number of nitriles is 1. The van der Waals surface area contributed by atoms with Gasteiger partial charge >= 0.3 is 5.97 Å². The third-order valence-electron chi connectivity index (χ3n) is 7.58. The number of methoxy groups -OCH3 is 1. The van der Waals surface area contributed by atoms with Gasteiger partial charge in [-0.3, -0.25) is 9.69 Å². The van der Waals surface area contributed by atoms with Crippen LogP contribution in [0.2, 0.25) is 0 Å². The van der Waals surface area contributed by atoms with Crippen LogP contribution in [0.5, 0.6) is 0 Å². The number of allylic oxidation sites excluding steroid dienone is 3. The molecule has 2 N–H and O–H groups in total. The van der Waals surface area contributed by atoms with Crippen molar-refractivity contribution in [1.29, 1.82) is 5.26 Å². The molecule has 0 spiro atoms. The molecule has 0 saturated carbocycles. The monoisotopic (exact) mass is 579 g/mol. The quantitative estimate of drug-likeness (QED) is 0.329. The standard InChI is InChI=1S/C29H30BrN3O3S/c1-29(2)13-20-25(21(34)14-29)23(16-9-11-17(30)12-10-16)19(15-31)26(32)33(20)27-24(28(35)36-3)18-7-5-4-6-8-22(18)37-27/h9-12,23H,4-8,13-14,32H2,1-3H3/t23-/m1/s1. The molecule has 0 radical (unpaired) electrons. The van der Waals surface area contributed by atoms with E-state index in [4.69, 9.17) is 10.5 Å². The second-order valence-corrected chi connectivity index (χ2v) is 12.8. The van der Waals surface area contributed by atoms with Gasteiger partial charge in [-0.2, -0.15) is 5.26 Å². The van der Waals surface area contributed by atoms with Crippen LogP contribution in [0.1, 0.15) is 78.2 Å². The van der Waals surface area contributed by atoms with E-state index in [9.17, 15) is 14.9 Å². The van der Waals surface area contributed by atoms with Gasteiger partial charge in [0, 0.05) is 27.0 Å². The Morgan fingerprint density at radius 3 is 2.57 bits per heavy atom. The largest absolute Gasteiger partial charge is 0.465 e. The molecule has 2 heterocycles. The summed E-state index contributed by atoms with van der Waals surface area (Å²) < 4.78 is 6.17. The maximum absolute atomic E-state index is 13.8. The number of hydrogen-bond donors (Lipinski definition) is 1. The average molecular weight is 581 g/mol. The number of ether oxygens (including phenoxy) is 1. The van der Waals surface area contributed by atoms with Crippen LogP contribution in [0.4, 0.5) is 5.00 Å². The molecule has 0 bridgehead atoms. The Kier molecular flexibility index (Phi) is 6.80. The van der Waals surface area contributed by atoms with Crippen molar-refractivity contribution < 1.29 is 14.3 Å². The second-order valence-electron chi connectivity index (χ2n) is 10.8. The molecule has 2 aliphatic carbocycles. The van der Waals surface area contributed by atoms with Crippen LogP contribution in [0, 0.1) is 16.7 Å². The molecule has 1 aliphatic heterocycles. The summed E-state index contributed by atoms with van der Waals surface area (Å²) in [5, 5.41) is 11.0. The topological polar surface area (TPSA) is 96.4 Å². The average Bonchev–Trinajstić information content (AvgIpc) is 3.04. The zero-order valence-electron chi connectivity index (χ0n) is 21.3. The summed E-state index contributed by atoms with van der Waals surface area (Å²) in [7, 11) is 1.39. The molecule has 0 amide bonds. The van der Waals surface area contributed by atoms with Crippen molar-refractivity contribution in [3.63, 3.8) is 0 Å². The van der Waals surface area contributed by atoms with Gasteiger partial charge in [-0.15, -0.1) is 11.3 Å². The molecule has 3 aliphatic rings. The minimum absolute atomic E-state index is 0.0159. The first-order valence-corrected chi connectivity index (χ1v) is 14.2. The van der Waals surface area contributed by atoms with E-state index >= 15 is 0 Å². The number of hydrogen-bond acceptors (Lipinski definition) is 7. The summed E-state index contributed by atoms with van der Waals surface area (Å²) in [5.74, 6) is -0.657. The maximum Gasteiger partial charge on any atom is 0.341 e. The highest BCUT2D eigenvalue weighted by Gasteiger charge is 2.46. The highest BCUT2D eigenvalue weighted by Crippen LogP contribution is 2.53. The number of nitrogens with zero attached hydrogens (tertiary/aromatic N) is 2. The fraction of sp³-hybridized carbons (Fsp3) is 0.414. The predicted molar refractivity (Wildman–Crippen MR) is 148 cm³/mol. The number of esters is 1. The molecule has 1 atom stereocenters. The Hall–Kier alpha value is -2.89. The molecule has 5 rings (SSSR count). The van der Waals surface area contributed by atoms with Crippen molar-refractivity contribution in [2.75, 3.05) is 12.0 Å². The number of carbonyl (C=O) groups excluding carboxylic acids is 2. The molecule has 0 fully saturated rings. The Bertz CT molecular complexity index is 1390. The Balaban J connectivity index is 1.80. The first-order chi connectivity index (χ1) is 17.7. The number of anilines is 1. The highest BCUT2D eigenvalue weighted by molar-refractivity contribution is 9.10. The highest BCUT2D eigenvalue weighted by atomic mass is 79.9. The number of nitrogens with two attached hydrogens (primary N) is 1. The van der Waals surface area contributed by atoms with Crippen LogP contribution in [0.25, 0.3) is 0 Å². The number of thiophene rings is 1. The zero-order valence-corrected chi connectivity index (χ0v) is 23.7. The molecule has 1 aromatic carbocycles. The lowest BCUT2D eigenvalue weighted by Crippen LogP contribution is -2.42. The van der Waals surface area contributed by atoms with Crippen LogP contribution >= 0.6 is 27.3 Å². The fourth-order valence-corrected chi connectivity index (χ4v) is 7.61. The lowest BCUT2D eigenvalue weighted by atomic mass is 9.68. The van der Waals surface area contributed by atoms with Crippen molar-refractivity contribution in [3.05, 3.63) is 73.0 Å². The maximum atomic E-state index is 13.8. The van der Waals surface area contributed by atoms with E-state index in [1.807, 2.05) is 29.2 Å². The lowest BCUT2D eigenvalue weighted by Gasteiger charge is -2.43. The van der Waals surface area contributed by atoms with Gasteiger partial charge in [0.25, 0.3) is 0 Å². The van der Waals surface area contributed by atoms with E-state index in [2.05, 4.69) is 35.8 Å². The molecule has 37 heavy (non-hydrogen) atoms. The number of carbonyl (C=O) groups is 2. The van der Waals surface area contributed by atoms with E-state index in [1.54, 1.807) is 11.3 Å². The summed E-state index contributed by atoms with van der Waals surface area (Å²) in [6, 6.07) is 10.0. The SMILES string of the molecule is COC(=O)c1c(N2C(N)=C(C#N)[C@@H](c3ccc(Br)cc3)C3=C2CC(C)(C)CC3=O)sc2c1CCCCC2. The lowest BCUT2D eigenvalue weighted by molar-refractivity contribution is -0.118. The van der Waals surface area contributed by atoms with Crippen LogP contribution < -0.4 is 10.6 Å². The van der Waals surface area contributed by atoms with Gasteiger partial charge in [-0.05, 0) is 60.8 Å². The molecule has 8 heteroatoms. The van der Waals surface area contributed by atoms with Crippen LogP contribution in [-0.2, 0) is 22.4 Å². The molecule has 192 valence electrons. The van der Waals surface area contributed by atoms with Crippen molar-refractivity contribution in [2.24, 2.45) is 11.1 Å². The molecular formula is C29H30BrN3O3S. The van der Waals surface area contributed by atoms with Gasteiger partial charge in [-0.25, -0.2) is 4.79 Å². The van der Waals surface area contributed by atoms with Crippen molar-refractivity contribution >= 4 is 44.0 Å². The number of Topliss-reactive ketones (excluding diaryl/α,β-unsaturated/α-hetero) is 1. The molecule has 1 aromatic heterocycles. The Morgan fingerprint density at radius 1 is 1.19 bits per heavy atom. The van der Waals surface area contributed by atoms with Crippen molar-refractivity contribution in [1.82, 2.24) is 0 Å². The first kappa shape index (κ1) is 25.7. The van der Waals surface area contributed by atoms with Crippen LogP contribution in [0.3, 0.4) is 0 Å². The van der Waals surface area contributed by atoms with Crippen molar-refractivity contribution in [2.45, 2.75) is 64.7 Å². The summed E-state index contributed by atoms with van der Waals surface area (Å²) in [5.41, 5.74) is 10.7. The van der Waals surface area contributed by atoms with E-state index < -0.39 is 11.9 Å². The van der Waals surface area contributed by atoms with E-state index in [1.165, 1.54) is 7.11 Å². The van der Waals surface area contributed by atoms with Crippen LogP contribution in [-0.4, -0.2) is 18.9 Å². The molecule has 6 nitrogen and oxygen atoms in total. The molecular weight excluding hydrogens is 550 g/mol. The summed E-state index contributed by atoms with van der Waals surface area (Å²) in [6.07, 6.45) is 5.87. The third-order valence-corrected chi connectivity index (χ3v) is 9.39. The van der Waals surface area contributed by atoms with Gasteiger partial charge in [0.15, 0.2) is 5.78 Å². The number of aryl methyl sites for hydroxylation is 1. The Labute approximate surface area is 229 Å². The predicted octanol–water partition coefficient (Wildman–Crippen LogP) is 6.51. The molecule has 2 aromatic rings. The minimum Gasteiger partial charge on any atom is -0.465 e. The number of fused-ring (bicyclic) bond motifs is 1. The molecule has 0 unspecified atom stereocenters. The van der Waals surface area contributed by atoms with E-state index in [0.29, 0.717) is 34.6 Å². The first-order valence-electron chi connectivity index (χ1n) is 12.6. The number of rotatable bonds is 3. The van der Waals surface area contributed by atoms with Gasteiger partial charge in [0.2, 0.25) is 0 Å². The Morgan fingerprint density at radius 2 is 1.89 bits per heavy atom. The van der Waals surface area contributed by atoms with E-state index in [-0.39, 0.29) is 17.0 Å². The summed E-state index contributed by atoms with van der Waals surface area (Å²) >= 11 is 5.03. The minimum atomic E-state index is -0.549. The van der Waals surface area contributed by atoms with Crippen LogP contribution in [0.15, 0.2) is 51.4 Å². The molecule has 0 saturated heterocycles. The van der Waals surface area contributed by atoms with E-state index in [0.717, 1.165) is 58.3 Å². The smallest absolute Gasteiger partial charge is 0.341 e. The van der Waals surface area contributed by atoms with Crippen molar-refractivity contribution in [3.8, 4) is 6.07 Å². The van der Waals surface area contributed by atoms with Gasteiger partial charge < -0.3 is 10.5 Å². The summed E-state index contributed by atoms with van der Waals surface area (Å²) in [4.78, 5) is 30.0. The summed E-state index contributed by atoms with van der Waals surface area (Å²) in [6.45, 7) is 4.15. The third kappa shape index (κ3) is 4.42. The number of ketones is 1. The van der Waals surface area contributed by atoms with Gasteiger partial charge in [0.1, 0.15) is 10.8 Å². The second kappa shape index (κ2) is 9.77. The van der Waals surface area contributed by atoms with Gasteiger partial charge in [-0.1, -0.05) is 48.3 Å². The normalized spacial score (nSPS) is 21.2. The zero-order chi connectivity index (χ0) is 26.5. The fourth-order valence-electron chi connectivity index (χ4n) is 5.93. The van der Waals surface area contributed by atoms with Gasteiger partial charge in [0.05, 0.1) is 30.2 Å².